The van der Waals surface area contributed by atoms with Gasteiger partial charge in [-0.1, -0.05) is 11.6 Å². The average Bonchev–Trinajstić information content (AvgIpc) is 3.45. The lowest BCUT2D eigenvalue weighted by Gasteiger charge is -2.32. The van der Waals surface area contributed by atoms with E-state index in [1.54, 1.807) is 29.4 Å². The number of nitrogens with zero attached hydrogens (tertiary/aromatic N) is 7. The van der Waals surface area contributed by atoms with E-state index in [-0.39, 0.29) is 11.8 Å². The van der Waals surface area contributed by atoms with Gasteiger partial charge in [0.05, 0.1) is 17.0 Å². The highest BCUT2D eigenvalue weighted by atomic mass is 35.5. The molecule has 4 aromatic rings. The molecule has 1 amide bonds. The first-order valence-electron chi connectivity index (χ1n) is 9.68. The van der Waals surface area contributed by atoms with Crippen molar-refractivity contribution in [3.63, 3.8) is 0 Å². The van der Waals surface area contributed by atoms with Crippen LogP contribution in [0.5, 0.6) is 0 Å². The Morgan fingerprint density at radius 1 is 1.13 bits per heavy atom. The van der Waals surface area contributed by atoms with Gasteiger partial charge in [0, 0.05) is 37.1 Å². The lowest BCUT2D eigenvalue weighted by atomic mass is 9.96. The zero-order valence-electron chi connectivity index (χ0n) is 16.0. The number of hydrogen-bond donors (Lipinski definition) is 1. The molecule has 1 N–H and O–H groups in total. The Kier molecular flexibility index (Phi) is 4.80. The molecule has 5 rings (SSSR count). The van der Waals surface area contributed by atoms with Crippen molar-refractivity contribution in [3.05, 3.63) is 60.4 Å². The van der Waals surface area contributed by atoms with Crippen LogP contribution in [0, 0.1) is 5.92 Å². The molecule has 0 aliphatic carbocycles. The molecule has 1 aliphatic heterocycles. The molecule has 3 aromatic heterocycles. The van der Waals surface area contributed by atoms with E-state index in [0.29, 0.717) is 16.4 Å². The van der Waals surface area contributed by atoms with E-state index < -0.39 is 0 Å². The fraction of sp³-hybridized carbons (Fsp3) is 0.250. The van der Waals surface area contributed by atoms with Gasteiger partial charge in [0.15, 0.2) is 5.65 Å². The number of amides is 1. The Bertz CT molecular complexity index is 1180. The van der Waals surface area contributed by atoms with Crippen LogP contribution >= 0.6 is 11.6 Å². The first-order chi connectivity index (χ1) is 14.7. The van der Waals surface area contributed by atoms with E-state index in [1.807, 2.05) is 35.0 Å². The topological polar surface area (TPSA) is 93.2 Å². The number of rotatable bonds is 4. The fourth-order valence-corrected chi connectivity index (χ4v) is 3.98. The van der Waals surface area contributed by atoms with Crippen LogP contribution in [-0.2, 0) is 4.79 Å². The zero-order chi connectivity index (χ0) is 20.5. The van der Waals surface area contributed by atoms with Gasteiger partial charge in [0.2, 0.25) is 5.91 Å². The van der Waals surface area contributed by atoms with Crippen molar-refractivity contribution in [2.45, 2.75) is 12.8 Å². The van der Waals surface area contributed by atoms with Gasteiger partial charge in [0.25, 0.3) is 0 Å². The maximum atomic E-state index is 12.8. The zero-order valence-corrected chi connectivity index (χ0v) is 16.8. The van der Waals surface area contributed by atoms with Gasteiger partial charge in [-0.15, -0.1) is 15.3 Å². The second-order valence-electron chi connectivity index (χ2n) is 7.21. The Balaban J connectivity index is 1.21. The molecule has 1 saturated heterocycles. The van der Waals surface area contributed by atoms with Crippen molar-refractivity contribution in [3.8, 4) is 5.69 Å². The van der Waals surface area contributed by atoms with Crippen molar-refractivity contribution in [2.24, 2.45) is 5.92 Å². The number of benzene rings is 1. The second kappa shape index (κ2) is 7.75. The Labute approximate surface area is 177 Å². The highest BCUT2D eigenvalue weighted by Crippen LogP contribution is 2.26. The molecule has 0 spiro atoms. The fourth-order valence-electron chi connectivity index (χ4n) is 3.70. The lowest BCUT2D eigenvalue weighted by molar-refractivity contribution is -0.120. The number of carbonyl (C=O) groups is 1. The number of aromatic nitrogens is 6. The van der Waals surface area contributed by atoms with Crippen molar-refractivity contribution in [1.29, 1.82) is 0 Å². The summed E-state index contributed by atoms with van der Waals surface area (Å²) in [4.78, 5) is 19.0. The van der Waals surface area contributed by atoms with Gasteiger partial charge in [-0.3, -0.25) is 4.79 Å². The summed E-state index contributed by atoms with van der Waals surface area (Å²) < 4.78 is 3.49. The third kappa shape index (κ3) is 3.59. The summed E-state index contributed by atoms with van der Waals surface area (Å²) in [6.45, 7) is 1.53. The summed E-state index contributed by atoms with van der Waals surface area (Å²) in [5.74, 6) is 0.832. The van der Waals surface area contributed by atoms with E-state index in [4.69, 9.17) is 11.6 Å². The van der Waals surface area contributed by atoms with Crippen LogP contribution in [0.15, 0.2) is 55.4 Å². The molecule has 1 aromatic carbocycles. The summed E-state index contributed by atoms with van der Waals surface area (Å²) in [5.41, 5.74) is 2.22. The van der Waals surface area contributed by atoms with Gasteiger partial charge in [0.1, 0.15) is 12.1 Å². The van der Waals surface area contributed by atoms with Crippen molar-refractivity contribution in [2.75, 3.05) is 23.3 Å². The Hall–Kier alpha value is -3.46. The monoisotopic (exact) mass is 422 g/mol. The minimum atomic E-state index is -0.0491. The van der Waals surface area contributed by atoms with Crippen LogP contribution in [0.25, 0.3) is 11.3 Å². The third-order valence-electron chi connectivity index (χ3n) is 5.34. The number of anilines is 2. The summed E-state index contributed by atoms with van der Waals surface area (Å²) in [5, 5.41) is 15.9. The number of hydrogen-bond acceptors (Lipinski definition) is 6. The number of imidazole rings is 1. The quantitative estimate of drug-likeness (QED) is 0.543. The van der Waals surface area contributed by atoms with Gasteiger partial charge >= 0.3 is 0 Å². The summed E-state index contributed by atoms with van der Waals surface area (Å²) >= 11 is 6.39. The predicted octanol–water partition coefficient (Wildman–Crippen LogP) is 2.82. The first kappa shape index (κ1) is 18.6. The van der Waals surface area contributed by atoms with E-state index in [1.165, 1.54) is 0 Å². The van der Waals surface area contributed by atoms with Crippen LogP contribution in [0.3, 0.4) is 0 Å². The van der Waals surface area contributed by atoms with Crippen LogP contribution in [-0.4, -0.2) is 48.4 Å². The van der Waals surface area contributed by atoms with Gasteiger partial charge < -0.3 is 14.8 Å². The van der Waals surface area contributed by atoms with E-state index in [0.717, 1.165) is 37.4 Å². The average molecular weight is 423 g/mol. The summed E-state index contributed by atoms with van der Waals surface area (Å²) in [6, 6.07) is 9.32. The molecule has 4 heterocycles. The summed E-state index contributed by atoms with van der Waals surface area (Å²) in [7, 11) is 0. The number of piperidine rings is 1. The highest BCUT2D eigenvalue weighted by molar-refractivity contribution is 6.32. The van der Waals surface area contributed by atoms with Crippen LogP contribution in [0.4, 0.5) is 11.5 Å². The van der Waals surface area contributed by atoms with Crippen molar-refractivity contribution < 1.29 is 4.79 Å². The standard InChI is InChI=1S/C20H19ClN8O/c21-16-11-15(1-2-17(16)28-10-7-22-12-28)24-20(30)14-5-8-27(9-6-14)19-4-3-18-25-23-13-29(18)26-19/h1-4,7,10-14H,5-6,8-9H2,(H,24,30). The second-order valence-corrected chi connectivity index (χ2v) is 7.62. The van der Waals surface area contributed by atoms with Gasteiger partial charge in [-0.05, 0) is 43.2 Å². The van der Waals surface area contributed by atoms with Crippen molar-refractivity contribution >= 4 is 34.7 Å². The molecule has 0 unspecified atom stereocenters. The molecule has 0 radical (unpaired) electrons. The molecular formula is C20H19ClN8O. The predicted molar refractivity (Wildman–Crippen MR) is 113 cm³/mol. The molecule has 0 atom stereocenters. The third-order valence-corrected chi connectivity index (χ3v) is 5.64. The smallest absolute Gasteiger partial charge is 0.227 e. The minimum absolute atomic E-state index is 0.0170. The largest absolute Gasteiger partial charge is 0.355 e. The first-order valence-corrected chi connectivity index (χ1v) is 10.1. The van der Waals surface area contributed by atoms with E-state index >= 15 is 0 Å². The maximum Gasteiger partial charge on any atom is 0.227 e. The van der Waals surface area contributed by atoms with Crippen LogP contribution < -0.4 is 10.2 Å². The van der Waals surface area contributed by atoms with E-state index in [2.05, 4.69) is 30.5 Å². The number of fused-ring (bicyclic) bond motifs is 1. The lowest BCUT2D eigenvalue weighted by Crippen LogP contribution is -2.38. The molecule has 9 nitrogen and oxygen atoms in total. The molecule has 1 fully saturated rings. The maximum absolute atomic E-state index is 12.8. The van der Waals surface area contributed by atoms with Crippen LogP contribution in [0.1, 0.15) is 12.8 Å². The molecule has 152 valence electrons. The number of nitrogens with one attached hydrogen (secondary N) is 1. The number of carbonyl (C=O) groups excluding carboxylic acids is 1. The number of halogens is 1. The normalized spacial score (nSPS) is 14.9. The SMILES string of the molecule is O=C(Nc1ccc(-n2ccnc2)c(Cl)c1)C1CCN(c2ccc3nncn3n2)CC1. The summed E-state index contributed by atoms with van der Waals surface area (Å²) in [6.07, 6.45) is 8.30. The molecule has 0 bridgehead atoms. The Morgan fingerprint density at radius 2 is 2.00 bits per heavy atom. The van der Waals surface area contributed by atoms with Gasteiger partial charge in [-0.25, -0.2) is 4.98 Å². The van der Waals surface area contributed by atoms with E-state index in [9.17, 15) is 4.79 Å². The van der Waals surface area contributed by atoms with Gasteiger partial charge in [-0.2, -0.15) is 4.52 Å². The molecule has 1 aliphatic rings. The van der Waals surface area contributed by atoms with Crippen LogP contribution in [0.2, 0.25) is 5.02 Å². The Morgan fingerprint density at radius 3 is 2.77 bits per heavy atom. The molecular weight excluding hydrogens is 404 g/mol. The molecule has 0 saturated carbocycles. The minimum Gasteiger partial charge on any atom is -0.355 e. The van der Waals surface area contributed by atoms with Crippen molar-refractivity contribution in [1.82, 2.24) is 29.4 Å². The highest BCUT2D eigenvalue weighted by Gasteiger charge is 2.26. The molecule has 10 heteroatoms. The molecule has 30 heavy (non-hydrogen) atoms.